The molecule has 7 heteroatoms. The molecule has 0 bridgehead atoms. The number of alkyl halides is 4. The summed E-state index contributed by atoms with van der Waals surface area (Å²) in [6.07, 6.45) is -1.65. The maximum Gasteiger partial charge on any atom is 0.324 e. The van der Waals surface area contributed by atoms with Crippen molar-refractivity contribution in [3.8, 4) is 0 Å². The number of piperidine rings is 1. The van der Waals surface area contributed by atoms with Gasteiger partial charge in [0.1, 0.15) is 0 Å². The Kier molecular flexibility index (Phi) is 6.03. The minimum Gasteiger partial charge on any atom is -0.350 e. The number of carbonyl (C=O) groups excluding carboxylic acids is 1. The molecule has 1 saturated heterocycles. The molecule has 2 atom stereocenters. The van der Waals surface area contributed by atoms with Crippen LogP contribution in [0.2, 0.25) is 0 Å². The molecule has 0 aromatic rings. The van der Waals surface area contributed by atoms with E-state index in [0.717, 1.165) is 25.9 Å². The van der Waals surface area contributed by atoms with E-state index < -0.39 is 24.8 Å². The highest BCUT2D eigenvalue weighted by Gasteiger charge is 2.40. The Labute approximate surface area is 110 Å². The Morgan fingerprint density at radius 2 is 2.16 bits per heavy atom. The van der Waals surface area contributed by atoms with Crippen LogP contribution >= 0.6 is 0 Å². The summed E-state index contributed by atoms with van der Waals surface area (Å²) in [4.78, 5) is 11.5. The summed E-state index contributed by atoms with van der Waals surface area (Å²) >= 11 is 0. The fraction of sp³-hybridized carbons (Fsp3) is 0.917. The van der Waals surface area contributed by atoms with Crippen molar-refractivity contribution >= 4 is 5.91 Å². The van der Waals surface area contributed by atoms with E-state index in [-0.39, 0.29) is 12.3 Å². The Morgan fingerprint density at radius 3 is 2.68 bits per heavy atom. The van der Waals surface area contributed by atoms with E-state index in [1.807, 2.05) is 12.2 Å². The highest BCUT2D eigenvalue weighted by Crippen LogP contribution is 2.23. The molecule has 0 aliphatic carbocycles. The highest BCUT2D eigenvalue weighted by molar-refractivity contribution is 5.76. The third-order valence-corrected chi connectivity index (χ3v) is 3.49. The van der Waals surface area contributed by atoms with Gasteiger partial charge in [0, 0.05) is 6.42 Å². The molecular weight excluding hydrogens is 264 g/mol. The lowest BCUT2D eigenvalue weighted by molar-refractivity contribution is -0.137. The van der Waals surface area contributed by atoms with Gasteiger partial charge < -0.3 is 10.6 Å². The van der Waals surface area contributed by atoms with Gasteiger partial charge in [-0.3, -0.25) is 4.79 Å². The quantitative estimate of drug-likeness (QED) is 0.733. The van der Waals surface area contributed by atoms with E-state index >= 15 is 0 Å². The second-order valence-electron chi connectivity index (χ2n) is 5.13. The zero-order chi connectivity index (χ0) is 14.5. The van der Waals surface area contributed by atoms with Crippen LogP contribution in [0, 0.1) is 11.8 Å². The van der Waals surface area contributed by atoms with Gasteiger partial charge in [0.05, 0.1) is 6.54 Å². The van der Waals surface area contributed by atoms with Crippen LogP contribution in [-0.2, 0) is 4.79 Å². The lowest BCUT2D eigenvalue weighted by Crippen LogP contribution is -2.42. The summed E-state index contributed by atoms with van der Waals surface area (Å²) in [6.45, 7) is 2.33. The van der Waals surface area contributed by atoms with Gasteiger partial charge in [0.2, 0.25) is 5.91 Å². The zero-order valence-electron chi connectivity index (χ0n) is 10.9. The fourth-order valence-electron chi connectivity index (χ4n) is 2.19. The minimum atomic E-state index is -4.16. The average molecular weight is 284 g/mol. The van der Waals surface area contributed by atoms with E-state index in [1.165, 1.54) is 0 Å². The number of carbonyl (C=O) groups is 1. The topological polar surface area (TPSA) is 41.1 Å². The highest BCUT2D eigenvalue weighted by atomic mass is 19.3. The van der Waals surface area contributed by atoms with Crippen LogP contribution in [0.5, 0.6) is 0 Å². The molecule has 19 heavy (non-hydrogen) atoms. The number of rotatable bonds is 6. The lowest BCUT2D eigenvalue weighted by Gasteiger charge is -2.28. The van der Waals surface area contributed by atoms with Gasteiger partial charge >= 0.3 is 12.3 Å². The van der Waals surface area contributed by atoms with Crippen molar-refractivity contribution in [3.63, 3.8) is 0 Å². The summed E-state index contributed by atoms with van der Waals surface area (Å²) in [6, 6.07) is 0. The average Bonchev–Trinajstić information content (AvgIpc) is 2.37. The third-order valence-electron chi connectivity index (χ3n) is 3.49. The van der Waals surface area contributed by atoms with Crippen molar-refractivity contribution in [3.05, 3.63) is 0 Å². The normalized spacial score (nSPS) is 22.3. The van der Waals surface area contributed by atoms with Gasteiger partial charge in [0.15, 0.2) is 0 Å². The first-order chi connectivity index (χ1) is 8.83. The Bertz CT molecular complexity index is 293. The standard InChI is InChI=1S/C12H20F4N2O/c1-8(9-3-2-4-17-6-9)5-10(19)18-7-12(15,16)11(13)14/h8-9,11,17H,2-7H2,1H3,(H,18,19). The molecule has 0 aromatic carbocycles. The number of hydrogen-bond donors (Lipinski definition) is 2. The van der Waals surface area contributed by atoms with Crippen LogP contribution in [0.1, 0.15) is 26.2 Å². The van der Waals surface area contributed by atoms with Crippen LogP contribution < -0.4 is 10.6 Å². The monoisotopic (exact) mass is 284 g/mol. The van der Waals surface area contributed by atoms with E-state index in [9.17, 15) is 22.4 Å². The molecular formula is C12H20F4N2O. The molecule has 0 radical (unpaired) electrons. The minimum absolute atomic E-state index is 0.0490. The summed E-state index contributed by atoms with van der Waals surface area (Å²) in [5.41, 5.74) is 0. The third kappa shape index (κ3) is 5.34. The zero-order valence-corrected chi connectivity index (χ0v) is 10.9. The van der Waals surface area contributed by atoms with Crippen molar-refractivity contribution in [2.45, 2.75) is 38.5 Å². The fourth-order valence-corrected chi connectivity index (χ4v) is 2.19. The first kappa shape index (κ1) is 16.2. The Hall–Kier alpha value is -0.850. The van der Waals surface area contributed by atoms with Gasteiger partial charge in [-0.25, -0.2) is 8.78 Å². The van der Waals surface area contributed by atoms with Crippen molar-refractivity contribution in [1.82, 2.24) is 10.6 Å². The maximum absolute atomic E-state index is 12.6. The second-order valence-corrected chi connectivity index (χ2v) is 5.13. The number of amides is 1. The number of hydrogen-bond acceptors (Lipinski definition) is 2. The molecule has 1 heterocycles. The van der Waals surface area contributed by atoms with E-state index in [2.05, 4.69) is 5.32 Å². The first-order valence-electron chi connectivity index (χ1n) is 6.46. The van der Waals surface area contributed by atoms with Crippen LogP contribution in [0.25, 0.3) is 0 Å². The van der Waals surface area contributed by atoms with Gasteiger partial charge in [-0.1, -0.05) is 6.92 Å². The van der Waals surface area contributed by atoms with Crippen LogP contribution in [0.4, 0.5) is 17.6 Å². The molecule has 0 aromatic heterocycles. The molecule has 3 nitrogen and oxygen atoms in total. The van der Waals surface area contributed by atoms with Crippen molar-refractivity contribution < 1.29 is 22.4 Å². The van der Waals surface area contributed by atoms with Crippen molar-refractivity contribution in [2.75, 3.05) is 19.6 Å². The first-order valence-corrected chi connectivity index (χ1v) is 6.46. The number of nitrogens with one attached hydrogen (secondary N) is 2. The van der Waals surface area contributed by atoms with E-state index in [1.54, 1.807) is 0 Å². The molecule has 1 fully saturated rings. The van der Waals surface area contributed by atoms with E-state index in [0.29, 0.717) is 5.92 Å². The summed E-state index contributed by atoms with van der Waals surface area (Å²) in [5.74, 6) is -4.38. The van der Waals surface area contributed by atoms with Crippen LogP contribution in [0.15, 0.2) is 0 Å². The predicted octanol–water partition coefficient (Wildman–Crippen LogP) is 2.03. The molecule has 1 amide bonds. The Balaban J connectivity index is 2.30. The molecule has 0 spiro atoms. The second kappa shape index (κ2) is 7.07. The van der Waals surface area contributed by atoms with E-state index in [4.69, 9.17) is 0 Å². The van der Waals surface area contributed by atoms with Crippen LogP contribution in [0.3, 0.4) is 0 Å². The Morgan fingerprint density at radius 1 is 1.47 bits per heavy atom. The molecule has 0 saturated carbocycles. The van der Waals surface area contributed by atoms with Gasteiger partial charge in [-0.2, -0.15) is 8.78 Å². The lowest BCUT2D eigenvalue weighted by atomic mass is 9.85. The summed E-state index contributed by atoms with van der Waals surface area (Å²) in [5, 5.41) is 5.09. The molecule has 2 N–H and O–H groups in total. The van der Waals surface area contributed by atoms with Gasteiger partial charge in [-0.15, -0.1) is 0 Å². The number of halogens is 4. The maximum atomic E-state index is 12.6. The molecule has 112 valence electrons. The molecule has 2 unspecified atom stereocenters. The summed E-state index contributed by atoms with van der Waals surface area (Å²) < 4.78 is 49.1. The SMILES string of the molecule is CC(CC(=O)NCC(F)(F)C(F)F)C1CCCNC1. The molecule has 1 rings (SSSR count). The molecule has 1 aliphatic rings. The molecule has 1 aliphatic heterocycles. The van der Waals surface area contributed by atoms with Crippen LogP contribution in [-0.4, -0.2) is 37.9 Å². The van der Waals surface area contributed by atoms with Crippen molar-refractivity contribution in [1.29, 1.82) is 0 Å². The van der Waals surface area contributed by atoms with Crippen molar-refractivity contribution in [2.24, 2.45) is 11.8 Å². The predicted molar refractivity (Wildman–Crippen MR) is 63.3 cm³/mol. The van der Waals surface area contributed by atoms with Gasteiger partial charge in [-0.05, 0) is 37.8 Å². The van der Waals surface area contributed by atoms with Gasteiger partial charge in [0.25, 0.3) is 0 Å². The summed E-state index contributed by atoms with van der Waals surface area (Å²) in [7, 11) is 0. The smallest absolute Gasteiger partial charge is 0.324 e. The largest absolute Gasteiger partial charge is 0.350 e.